The Kier molecular flexibility index (Phi) is 6.80. The molecule has 1 saturated heterocycles. The van der Waals surface area contributed by atoms with Crippen LogP contribution in [0.4, 0.5) is 0 Å². The summed E-state index contributed by atoms with van der Waals surface area (Å²) in [5.41, 5.74) is -0.0214. The Morgan fingerprint density at radius 2 is 2.05 bits per heavy atom. The van der Waals surface area contributed by atoms with Gasteiger partial charge in [0.2, 0.25) is 5.91 Å². The third kappa shape index (κ3) is 5.49. The van der Waals surface area contributed by atoms with Gasteiger partial charge >= 0.3 is 0 Å². The van der Waals surface area contributed by atoms with Gasteiger partial charge in [0, 0.05) is 31.7 Å². The summed E-state index contributed by atoms with van der Waals surface area (Å²) >= 11 is 0. The molecular weight excluding hydrogens is 240 g/mol. The molecule has 0 aromatic carbocycles. The summed E-state index contributed by atoms with van der Waals surface area (Å²) in [6, 6.07) is 0.712. The van der Waals surface area contributed by atoms with E-state index < -0.39 is 0 Å². The highest BCUT2D eigenvalue weighted by molar-refractivity contribution is 5.76. The highest BCUT2D eigenvalue weighted by Gasteiger charge is 2.34. The molecular formula is C15H30N2O2. The van der Waals surface area contributed by atoms with Gasteiger partial charge in [-0.1, -0.05) is 27.7 Å². The maximum absolute atomic E-state index is 11.9. The Morgan fingerprint density at radius 1 is 1.37 bits per heavy atom. The zero-order valence-electron chi connectivity index (χ0n) is 12.9. The first-order chi connectivity index (χ1) is 9.01. The fourth-order valence-corrected chi connectivity index (χ4v) is 2.67. The van der Waals surface area contributed by atoms with Crippen LogP contribution in [0, 0.1) is 0 Å². The van der Waals surface area contributed by atoms with Crippen LogP contribution in [0.15, 0.2) is 0 Å². The Balaban J connectivity index is 2.33. The van der Waals surface area contributed by atoms with E-state index in [0.29, 0.717) is 12.5 Å². The van der Waals surface area contributed by atoms with E-state index in [2.05, 4.69) is 38.3 Å². The molecule has 1 amide bonds. The van der Waals surface area contributed by atoms with Crippen molar-refractivity contribution < 1.29 is 9.53 Å². The molecule has 0 saturated carbocycles. The normalized spacial score (nSPS) is 22.5. The minimum atomic E-state index is -0.0214. The first kappa shape index (κ1) is 16.4. The monoisotopic (exact) mass is 270 g/mol. The predicted octanol–water partition coefficient (Wildman–Crippen LogP) is 2.23. The summed E-state index contributed by atoms with van der Waals surface area (Å²) in [4.78, 5) is 11.9. The van der Waals surface area contributed by atoms with E-state index in [9.17, 15) is 4.79 Å². The third-order valence-electron chi connectivity index (χ3n) is 4.05. The first-order valence-corrected chi connectivity index (χ1v) is 7.68. The average molecular weight is 270 g/mol. The number of ether oxygens (including phenoxy) is 1. The third-order valence-corrected chi connectivity index (χ3v) is 4.05. The highest BCUT2D eigenvalue weighted by atomic mass is 16.5. The van der Waals surface area contributed by atoms with Crippen molar-refractivity contribution in [3.8, 4) is 0 Å². The van der Waals surface area contributed by atoms with Crippen molar-refractivity contribution >= 4 is 5.91 Å². The molecule has 1 rings (SSSR count). The van der Waals surface area contributed by atoms with Gasteiger partial charge in [-0.2, -0.15) is 0 Å². The molecule has 1 aliphatic rings. The van der Waals surface area contributed by atoms with Crippen molar-refractivity contribution in [1.29, 1.82) is 0 Å². The average Bonchev–Trinajstić information content (AvgIpc) is 2.38. The number of nitrogens with one attached hydrogen (secondary N) is 2. The fourth-order valence-electron chi connectivity index (χ4n) is 2.67. The zero-order valence-corrected chi connectivity index (χ0v) is 12.9. The predicted molar refractivity (Wildman–Crippen MR) is 78.2 cm³/mol. The summed E-state index contributed by atoms with van der Waals surface area (Å²) in [6.45, 7) is 10.0. The number of hydrogen-bond acceptors (Lipinski definition) is 3. The van der Waals surface area contributed by atoms with Crippen molar-refractivity contribution in [2.75, 3.05) is 13.2 Å². The molecule has 4 nitrogen and oxygen atoms in total. The summed E-state index contributed by atoms with van der Waals surface area (Å²) in [7, 11) is 0. The maximum atomic E-state index is 11.9. The van der Waals surface area contributed by atoms with Crippen LogP contribution in [0.3, 0.4) is 0 Å². The first-order valence-electron chi connectivity index (χ1n) is 7.68. The lowest BCUT2D eigenvalue weighted by Crippen LogP contribution is -2.48. The Morgan fingerprint density at radius 3 is 2.63 bits per heavy atom. The lowest BCUT2D eigenvalue weighted by molar-refractivity contribution is -0.126. The van der Waals surface area contributed by atoms with Crippen molar-refractivity contribution in [2.24, 2.45) is 0 Å². The molecule has 0 aromatic heterocycles. The molecule has 0 radical (unpaired) electrons. The molecule has 0 bridgehead atoms. The van der Waals surface area contributed by atoms with E-state index in [1.165, 1.54) is 0 Å². The second-order valence-electron chi connectivity index (χ2n) is 5.85. The minimum absolute atomic E-state index is 0.0214. The molecule has 1 heterocycles. The van der Waals surface area contributed by atoms with E-state index in [4.69, 9.17) is 4.74 Å². The quantitative estimate of drug-likeness (QED) is 0.746. The summed E-state index contributed by atoms with van der Waals surface area (Å²) in [5, 5.41) is 6.42. The van der Waals surface area contributed by atoms with Crippen LogP contribution < -0.4 is 10.6 Å². The Labute approximate surface area is 117 Å². The largest absolute Gasteiger partial charge is 0.375 e. The van der Waals surface area contributed by atoms with Gasteiger partial charge in [0.25, 0.3) is 0 Å². The molecule has 1 aliphatic heterocycles. The minimum Gasteiger partial charge on any atom is -0.375 e. The van der Waals surface area contributed by atoms with Crippen molar-refractivity contribution in [1.82, 2.24) is 10.6 Å². The number of carbonyl (C=O) groups excluding carboxylic acids is 1. The molecule has 112 valence electrons. The van der Waals surface area contributed by atoms with E-state index >= 15 is 0 Å². The van der Waals surface area contributed by atoms with E-state index in [1.807, 2.05) is 0 Å². The molecule has 1 fully saturated rings. The highest BCUT2D eigenvalue weighted by Crippen LogP contribution is 2.31. The van der Waals surface area contributed by atoms with Crippen LogP contribution in [-0.2, 0) is 9.53 Å². The van der Waals surface area contributed by atoms with Gasteiger partial charge in [-0.15, -0.1) is 0 Å². The lowest BCUT2D eigenvalue weighted by atomic mass is 9.86. The topological polar surface area (TPSA) is 50.4 Å². The van der Waals surface area contributed by atoms with E-state index in [0.717, 1.165) is 38.8 Å². The SMILES string of the molecule is CCC1(CC)CC(NC(=O)CCNC(C)C)CCO1. The zero-order chi connectivity index (χ0) is 14.3. The number of rotatable bonds is 7. The fraction of sp³-hybridized carbons (Fsp3) is 0.933. The van der Waals surface area contributed by atoms with Crippen molar-refractivity contribution in [2.45, 2.75) is 77.5 Å². The smallest absolute Gasteiger partial charge is 0.221 e. The van der Waals surface area contributed by atoms with Gasteiger partial charge in [0.05, 0.1) is 5.60 Å². The molecule has 0 aromatic rings. The molecule has 1 unspecified atom stereocenters. The Bertz CT molecular complexity index is 275. The van der Waals surface area contributed by atoms with Crippen LogP contribution in [0.25, 0.3) is 0 Å². The molecule has 0 spiro atoms. The lowest BCUT2D eigenvalue weighted by Gasteiger charge is -2.40. The summed E-state index contributed by atoms with van der Waals surface area (Å²) in [6.07, 6.45) is 4.48. The standard InChI is InChI=1S/C15H30N2O2/c1-5-15(6-2)11-13(8-10-19-15)17-14(18)7-9-16-12(3)4/h12-13,16H,5-11H2,1-4H3,(H,17,18). The van der Waals surface area contributed by atoms with Crippen LogP contribution in [-0.4, -0.2) is 36.7 Å². The second-order valence-corrected chi connectivity index (χ2v) is 5.85. The molecule has 1 atom stereocenters. The van der Waals surface area contributed by atoms with E-state index in [-0.39, 0.29) is 17.6 Å². The van der Waals surface area contributed by atoms with Gasteiger partial charge in [-0.05, 0) is 25.7 Å². The molecule has 2 N–H and O–H groups in total. The molecule has 0 aliphatic carbocycles. The van der Waals surface area contributed by atoms with Crippen LogP contribution in [0.1, 0.15) is 59.8 Å². The Hall–Kier alpha value is -0.610. The van der Waals surface area contributed by atoms with Crippen molar-refractivity contribution in [3.63, 3.8) is 0 Å². The molecule has 4 heteroatoms. The van der Waals surface area contributed by atoms with Crippen LogP contribution in [0.5, 0.6) is 0 Å². The molecule has 19 heavy (non-hydrogen) atoms. The van der Waals surface area contributed by atoms with Crippen LogP contribution >= 0.6 is 0 Å². The number of amides is 1. The second kappa shape index (κ2) is 7.85. The van der Waals surface area contributed by atoms with Gasteiger partial charge in [-0.25, -0.2) is 0 Å². The maximum Gasteiger partial charge on any atom is 0.221 e. The number of hydrogen-bond donors (Lipinski definition) is 2. The van der Waals surface area contributed by atoms with E-state index in [1.54, 1.807) is 0 Å². The van der Waals surface area contributed by atoms with Crippen LogP contribution in [0.2, 0.25) is 0 Å². The van der Waals surface area contributed by atoms with Gasteiger partial charge < -0.3 is 15.4 Å². The number of carbonyl (C=O) groups is 1. The van der Waals surface area contributed by atoms with Crippen molar-refractivity contribution in [3.05, 3.63) is 0 Å². The summed E-state index contributed by atoms with van der Waals surface area (Å²) < 4.78 is 5.92. The van der Waals surface area contributed by atoms with Gasteiger partial charge in [0.1, 0.15) is 0 Å². The summed E-state index contributed by atoms with van der Waals surface area (Å²) in [5.74, 6) is 0.154. The van der Waals surface area contributed by atoms with Gasteiger partial charge in [0.15, 0.2) is 0 Å². The van der Waals surface area contributed by atoms with Gasteiger partial charge in [-0.3, -0.25) is 4.79 Å².